The van der Waals surface area contributed by atoms with E-state index in [-0.39, 0.29) is 17.3 Å². The lowest BCUT2D eigenvalue weighted by Crippen LogP contribution is -2.25. The molecular weight excluding hydrogens is 362 g/mol. The molecule has 2 aromatic rings. The van der Waals surface area contributed by atoms with Crippen LogP contribution < -0.4 is 9.47 Å². The second kappa shape index (κ2) is 8.18. The van der Waals surface area contributed by atoms with Crippen molar-refractivity contribution in [2.75, 3.05) is 7.11 Å². The first-order valence-electron chi connectivity index (χ1n) is 7.82. The maximum absolute atomic E-state index is 11.6. The average Bonchev–Trinajstić information content (AvgIpc) is 2.84. The van der Waals surface area contributed by atoms with E-state index in [4.69, 9.17) is 21.1 Å². The zero-order valence-electron chi connectivity index (χ0n) is 15.2. The Kier molecular flexibility index (Phi) is 6.20. The van der Waals surface area contributed by atoms with Gasteiger partial charge in [-0.15, -0.1) is 0 Å². The number of hydrogen-bond donors (Lipinski definition) is 0. The molecule has 0 aliphatic rings. The van der Waals surface area contributed by atoms with Gasteiger partial charge < -0.3 is 14.2 Å². The summed E-state index contributed by atoms with van der Waals surface area (Å²) in [7, 11) is 3.02. The van der Waals surface area contributed by atoms with Crippen LogP contribution in [0.2, 0.25) is 5.02 Å². The summed E-state index contributed by atoms with van der Waals surface area (Å²) in [5, 5.41) is 7.43. The van der Waals surface area contributed by atoms with Gasteiger partial charge in [-0.1, -0.05) is 16.8 Å². The molecule has 0 saturated carbocycles. The predicted octanol–water partition coefficient (Wildman–Crippen LogP) is 3.69. The van der Waals surface area contributed by atoms with Crippen molar-refractivity contribution >= 4 is 17.6 Å². The molecule has 0 N–H and O–H groups in total. The van der Waals surface area contributed by atoms with Crippen molar-refractivity contribution in [3.8, 4) is 17.4 Å². The summed E-state index contributed by atoms with van der Waals surface area (Å²) in [4.78, 5) is 22.3. The summed E-state index contributed by atoms with van der Waals surface area (Å²) in [6.07, 6.45) is -0.860. The van der Waals surface area contributed by atoms with E-state index in [0.717, 1.165) is 11.3 Å². The molecule has 1 aromatic carbocycles. The fraction of sp³-hybridized carbons (Fsp3) is 0.412. The van der Waals surface area contributed by atoms with Crippen LogP contribution >= 0.6 is 11.6 Å². The summed E-state index contributed by atoms with van der Waals surface area (Å²) in [5.41, 5.74) is 2.17. The first-order chi connectivity index (χ1) is 12.3. The van der Waals surface area contributed by atoms with Crippen molar-refractivity contribution in [2.24, 2.45) is 12.2 Å². The number of aromatic nitrogens is 2. The van der Waals surface area contributed by atoms with Gasteiger partial charge in [-0.25, -0.2) is 9.48 Å². The van der Waals surface area contributed by atoms with Gasteiger partial charge in [0.05, 0.1) is 17.8 Å². The SMILES string of the molecule is COC(=O)[C@H](C)Oc1cc(Oc2c(C)c(C)nn2C)c(CN=O)cc1Cl. The summed E-state index contributed by atoms with van der Waals surface area (Å²) >= 11 is 6.20. The van der Waals surface area contributed by atoms with Crippen LogP contribution in [0, 0.1) is 18.8 Å². The molecule has 0 radical (unpaired) electrons. The van der Waals surface area contributed by atoms with E-state index < -0.39 is 12.1 Å². The van der Waals surface area contributed by atoms with Gasteiger partial charge in [-0.05, 0) is 26.8 Å². The highest BCUT2D eigenvalue weighted by Crippen LogP contribution is 2.37. The molecule has 0 bridgehead atoms. The third kappa shape index (κ3) is 4.13. The molecule has 0 spiro atoms. The van der Waals surface area contributed by atoms with Crippen LogP contribution in [0.1, 0.15) is 23.7 Å². The molecule has 0 unspecified atom stereocenters. The molecule has 2 rings (SSSR count). The van der Waals surface area contributed by atoms with Gasteiger partial charge in [-0.3, -0.25) is 0 Å². The van der Waals surface area contributed by atoms with Gasteiger partial charge >= 0.3 is 5.97 Å². The largest absolute Gasteiger partial charge is 0.477 e. The van der Waals surface area contributed by atoms with Crippen LogP contribution in [0.4, 0.5) is 0 Å². The van der Waals surface area contributed by atoms with Crippen LogP contribution in [-0.4, -0.2) is 29.0 Å². The van der Waals surface area contributed by atoms with Gasteiger partial charge in [0.25, 0.3) is 0 Å². The monoisotopic (exact) mass is 381 g/mol. The van der Waals surface area contributed by atoms with Crippen molar-refractivity contribution in [3.05, 3.63) is 38.9 Å². The maximum atomic E-state index is 11.6. The number of nitrogens with zero attached hydrogens (tertiary/aromatic N) is 3. The standard InChI is InChI=1S/C17H20ClN3O5/c1-9-10(2)20-21(4)16(9)26-14-7-15(25-11(3)17(22)24-5)13(18)6-12(14)8-19-23/h6-7,11H,8H2,1-5H3/t11-/m0/s1. The Morgan fingerprint density at radius 1 is 1.35 bits per heavy atom. The van der Waals surface area contributed by atoms with Crippen LogP contribution in [0.25, 0.3) is 0 Å². The second-order valence-electron chi connectivity index (χ2n) is 5.70. The number of carbonyl (C=O) groups is 1. The maximum Gasteiger partial charge on any atom is 0.346 e. The molecule has 9 heteroatoms. The molecule has 0 aliphatic carbocycles. The molecule has 1 heterocycles. The predicted molar refractivity (Wildman–Crippen MR) is 95.8 cm³/mol. The van der Waals surface area contributed by atoms with E-state index in [2.05, 4.69) is 15.0 Å². The molecule has 1 aromatic heterocycles. The normalized spacial score (nSPS) is 11.8. The first-order valence-corrected chi connectivity index (χ1v) is 8.20. The number of ether oxygens (including phenoxy) is 3. The Hall–Kier alpha value is -2.61. The summed E-state index contributed by atoms with van der Waals surface area (Å²) < 4.78 is 17.7. The quantitative estimate of drug-likeness (QED) is 0.536. The molecular formula is C17H20ClN3O5. The highest BCUT2D eigenvalue weighted by atomic mass is 35.5. The van der Waals surface area contributed by atoms with Crippen LogP contribution in [-0.2, 0) is 23.1 Å². The Labute approximate surface area is 156 Å². The van der Waals surface area contributed by atoms with E-state index in [9.17, 15) is 9.70 Å². The van der Waals surface area contributed by atoms with E-state index in [1.54, 1.807) is 11.7 Å². The van der Waals surface area contributed by atoms with Crippen molar-refractivity contribution in [3.63, 3.8) is 0 Å². The zero-order valence-corrected chi connectivity index (χ0v) is 16.0. The third-order valence-corrected chi connectivity index (χ3v) is 4.15. The number of halogens is 1. The second-order valence-corrected chi connectivity index (χ2v) is 6.11. The highest BCUT2D eigenvalue weighted by molar-refractivity contribution is 6.32. The van der Waals surface area contributed by atoms with Crippen LogP contribution in [0.15, 0.2) is 17.3 Å². The molecule has 26 heavy (non-hydrogen) atoms. The number of methoxy groups -OCH3 is 1. The summed E-state index contributed by atoms with van der Waals surface area (Å²) in [6.45, 7) is 5.16. The topological polar surface area (TPSA) is 92.0 Å². The fourth-order valence-corrected chi connectivity index (χ4v) is 2.58. The van der Waals surface area contributed by atoms with Gasteiger partial charge in [0, 0.05) is 24.2 Å². The van der Waals surface area contributed by atoms with Gasteiger partial charge in [0.1, 0.15) is 18.0 Å². The molecule has 1 atom stereocenters. The lowest BCUT2D eigenvalue weighted by Gasteiger charge is -2.17. The lowest BCUT2D eigenvalue weighted by atomic mass is 10.2. The molecule has 0 amide bonds. The van der Waals surface area contributed by atoms with Crippen molar-refractivity contribution in [1.29, 1.82) is 0 Å². The number of benzene rings is 1. The Bertz CT molecular complexity index is 834. The fourth-order valence-electron chi connectivity index (χ4n) is 2.35. The number of nitroso groups, excluding NO2 is 1. The average molecular weight is 382 g/mol. The van der Waals surface area contributed by atoms with Crippen molar-refractivity contribution in [1.82, 2.24) is 9.78 Å². The number of esters is 1. The highest BCUT2D eigenvalue weighted by Gasteiger charge is 2.20. The van der Waals surface area contributed by atoms with Crippen molar-refractivity contribution in [2.45, 2.75) is 33.4 Å². The molecule has 140 valence electrons. The first kappa shape index (κ1) is 19.7. The van der Waals surface area contributed by atoms with Crippen LogP contribution in [0.3, 0.4) is 0 Å². The molecule has 0 saturated heterocycles. The number of rotatable bonds is 7. The number of hydrogen-bond acceptors (Lipinski definition) is 7. The van der Waals surface area contributed by atoms with Gasteiger partial charge in [0.15, 0.2) is 6.10 Å². The molecule has 0 aliphatic heterocycles. The molecule has 0 fully saturated rings. The minimum atomic E-state index is -0.860. The minimum Gasteiger partial charge on any atom is -0.477 e. The number of carbonyl (C=O) groups excluding carboxylic acids is 1. The summed E-state index contributed by atoms with van der Waals surface area (Å²) in [5.74, 6) is 0.544. The zero-order chi connectivity index (χ0) is 19.4. The Balaban J connectivity index is 2.43. The molecule has 8 nitrogen and oxygen atoms in total. The van der Waals surface area contributed by atoms with Crippen molar-refractivity contribution < 1.29 is 19.0 Å². The van der Waals surface area contributed by atoms with Crippen LogP contribution in [0.5, 0.6) is 17.4 Å². The van der Waals surface area contributed by atoms with Gasteiger partial charge in [0.2, 0.25) is 5.88 Å². The Morgan fingerprint density at radius 3 is 2.58 bits per heavy atom. The van der Waals surface area contributed by atoms with E-state index in [1.807, 2.05) is 13.8 Å². The lowest BCUT2D eigenvalue weighted by molar-refractivity contribution is -0.147. The minimum absolute atomic E-state index is 0.127. The Morgan fingerprint density at radius 2 is 2.04 bits per heavy atom. The summed E-state index contributed by atoms with van der Waals surface area (Å²) in [6, 6.07) is 3.04. The van der Waals surface area contributed by atoms with E-state index in [1.165, 1.54) is 26.2 Å². The third-order valence-electron chi connectivity index (χ3n) is 3.85. The number of aryl methyl sites for hydroxylation is 2. The van der Waals surface area contributed by atoms with Gasteiger partial charge in [-0.2, -0.15) is 10.0 Å². The smallest absolute Gasteiger partial charge is 0.346 e. The van der Waals surface area contributed by atoms with E-state index in [0.29, 0.717) is 17.2 Å². The van der Waals surface area contributed by atoms with E-state index >= 15 is 0 Å².